The first-order valence-corrected chi connectivity index (χ1v) is 8.07. The fourth-order valence-corrected chi connectivity index (χ4v) is 2.75. The van der Waals surface area contributed by atoms with E-state index in [0.717, 1.165) is 16.7 Å². The van der Waals surface area contributed by atoms with E-state index in [9.17, 15) is 24.6 Å². The van der Waals surface area contributed by atoms with Gasteiger partial charge in [-0.2, -0.15) is 4.98 Å². The number of nitrogens with one attached hydrogen (secondary N) is 2. The number of amides is 2. The summed E-state index contributed by atoms with van der Waals surface area (Å²) in [4.78, 5) is 42.9. The number of aromatic nitrogens is 3. The van der Waals surface area contributed by atoms with Crippen molar-refractivity contribution in [2.45, 2.75) is 6.54 Å². The number of carbonyl (C=O) groups excluding carboxylic acids is 2. The average Bonchev–Trinajstić information content (AvgIpc) is 3.04. The third-order valence-corrected chi connectivity index (χ3v) is 4.01. The van der Waals surface area contributed by atoms with Crippen LogP contribution in [0.5, 0.6) is 11.6 Å². The molecule has 0 fully saturated rings. The quantitative estimate of drug-likeness (QED) is 0.504. The number of fused-ring (bicyclic) bond motifs is 2. The molecule has 0 unspecified atom stereocenters. The van der Waals surface area contributed by atoms with Gasteiger partial charge in [-0.3, -0.25) is 14.0 Å². The van der Waals surface area contributed by atoms with Gasteiger partial charge in [0.1, 0.15) is 17.1 Å². The molecule has 3 heterocycles. The minimum Gasteiger partial charge on any atom is -0.492 e. The van der Waals surface area contributed by atoms with Crippen LogP contribution in [-0.4, -0.2) is 49.0 Å². The van der Waals surface area contributed by atoms with Crippen LogP contribution in [0.25, 0.3) is 5.78 Å². The van der Waals surface area contributed by atoms with Crippen molar-refractivity contribution in [3.8, 4) is 11.6 Å². The van der Waals surface area contributed by atoms with Crippen LogP contribution < -0.4 is 15.4 Å². The van der Waals surface area contributed by atoms with Crippen LogP contribution in [0.3, 0.4) is 0 Å². The summed E-state index contributed by atoms with van der Waals surface area (Å²) in [6.45, 7) is 0.0589. The monoisotopic (exact) mass is 383 g/mol. The fraction of sp³-hybridized carbons (Fsp3) is 0.118. The molecule has 11 heteroatoms. The number of hydrogen-bond donors (Lipinski definition) is 4. The molecule has 1 aliphatic heterocycles. The summed E-state index contributed by atoms with van der Waals surface area (Å²) in [6.07, 6.45) is 1.09. The molecule has 1 aliphatic rings. The fourth-order valence-electron chi connectivity index (χ4n) is 2.75. The summed E-state index contributed by atoms with van der Waals surface area (Å²) >= 11 is 0. The number of benzene rings is 1. The Hall–Kier alpha value is -4.15. The molecule has 0 bridgehead atoms. The molecular weight excluding hydrogens is 370 g/mol. The maximum atomic E-state index is 12.4. The van der Waals surface area contributed by atoms with Crippen LogP contribution in [0.4, 0.5) is 5.69 Å². The first-order chi connectivity index (χ1) is 13.4. The van der Waals surface area contributed by atoms with Crippen molar-refractivity contribution in [1.82, 2.24) is 19.7 Å². The first-order valence-electron chi connectivity index (χ1n) is 8.07. The van der Waals surface area contributed by atoms with E-state index in [2.05, 4.69) is 20.6 Å². The lowest BCUT2D eigenvalue weighted by atomic mass is 10.1. The first kappa shape index (κ1) is 17.3. The van der Waals surface area contributed by atoms with E-state index >= 15 is 0 Å². The number of imidazole rings is 1. The predicted molar refractivity (Wildman–Crippen MR) is 93.3 cm³/mol. The molecule has 3 aromatic rings. The van der Waals surface area contributed by atoms with Crippen LogP contribution in [0.1, 0.15) is 26.5 Å². The van der Waals surface area contributed by atoms with E-state index < -0.39 is 17.8 Å². The third-order valence-electron chi connectivity index (χ3n) is 4.01. The smallest absolute Gasteiger partial charge is 0.353 e. The van der Waals surface area contributed by atoms with Gasteiger partial charge in [0.25, 0.3) is 11.8 Å². The number of hydrogen-bond acceptors (Lipinski definition) is 7. The Bertz CT molecular complexity index is 1140. The minimum absolute atomic E-state index is 0.0491. The molecule has 0 atom stereocenters. The Balaban J connectivity index is 1.55. The molecule has 4 rings (SSSR count). The largest absolute Gasteiger partial charge is 0.492 e. The van der Waals surface area contributed by atoms with Crippen molar-refractivity contribution in [3.63, 3.8) is 0 Å². The number of nitrogens with zero attached hydrogens (tertiary/aromatic N) is 3. The molecule has 0 saturated heterocycles. The number of carboxylic acid groups (broad SMARTS) is 1. The number of rotatable bonds is 4. The van der Waals surface area contributed by atoms with E-state index in [-0.39, 0.29) is 36.2 Å². The number of aromatic hydroxyl groups is 1. The molecule has 0 radical (unpaired) electrons. The average molecular weight is 383 g/mol. The summed E-state index contributed by atoms with van der Waals surface area (Å²) in [5.41, 5.74) is 0.765. The van der Waals surface area contributed by atoms with Crippen molar-refractivity contribution in [1.29, 1.82) is 0 Å². The highest BCUT2D eigenvalue weighted by atomic mass is 16.5. The normalized spacial score (nSPS) is 12.8. The molecule has 2 amide bonds. The molecule has 0 spiro atoms. The van der Waals surface area contributed by atoms with E-state index in [1.54, 1.807) is 18.2 Å². The number of ether oxygens (including phenoxy) is 1. The van der Waals surface area contributed by atoms with Crippen molar-refractivity contribution in [2.24, 2.45) is 0 Å². The maximum Gasteiger partial charge on any atom is 0.353 e. The Morgan fingerprint density at radius 3 is 2.89 bits per heavy atom. The van der Waals surface area contributed by atoms with Crippen LogP contribution >= 0.6 is 0 Å². The lowest BCUT2D eigenvalue weighted by Gasteiger charge is -2.18. The van der Waals surface area contributed by atoms with Gasteiger partial charge in [0.2, 0.25) is 11.7 Å². The Kier molecular flexibility index (Phi) is 4.03. The summed E-state index contributed by atoms with van der Waals surface area (Å²) in [7, 11) is 0. The number of anilines is 1. The predicted octanol–water partition coefficient (Wildman–Crippen LogP) is 0.394. The van der Waals surface area contributed by atoms with Crippen molar-refractivity contribution < 1.29 is 29.3 Å². The Morgan fingerprint density at radius 2 is 2.11 bits per heavy atom. The van der Waals surface area contributed by atoms with Gasteiger partial charge in [-0.05, 0) is 17.7 Å². The number of carboxylic acids is 1. The summed E-state index contributed by atoms with van der Waals surface area (Å²) < 4.78 is 6.34. The van der Waals surface area contributed by atoms with Gasteiger partial charge in [0.15, 0.2) is 6.61 Å². The summed E-state index contributed by atoms with van der Waals surface area (Å²) in [5, 5.41) is 24.1. The van der Waals surface area contributed by atoms with E-state index in [1.807, 2.05) is 0 Å². The van der Waals surface area contributed by atoms with Crippen molar-refractivity contribution in [2.75, 3.05) is 11.9 Å². The highest BCUT2D eigenvalue weighted by Gasteiger charge is 2.19. The van der Waals surface area contributed by atoms with Gasteiger partial charge in [0, 0.05) is 12.6 Å². The molecule has 1 aromatic carbocycles. The maximum absolute atomic E-state index is 12.4. The molecule has 142 valence electrons. The van der Waals surface area contributed by atoms with E-state index in [1.165, 1.54) is 0 Å². The van der Waals surface area contributed by atoms with Crippen molar-refractivity contribution in [3.05, 3.63) is 47.4 Å². The van der Waals surface area contributed by atoms with Gasteiger partial charge in [-0.1, -0.05) is 6.07 Å². The minimum atomic E-state index is -1.30. The second-order valence-corrected chi connectivity index (χ2v) is 5.95. The second kappa shape index (κ2) is 6.54. The molecule has 2 aromatic heterocycles. The number of aromatic carboxylic acids is 1. The van der Waals surface area contributed by atoms with Gasteiger partial charge in [-0.25, -0.2) is 9.78 Å². The molecule has 11 nitrogen and oxygen atoms in total. The molecule has 28 heavy (non-hydrogen) atoms. The zero-order valence-electron chi connectivity index (χ0n) is 14.2. The van der Waals surface area contributed by atoms with Gasteiger partial charge >= 0.3 is 5.97 Å². The lowest BCUT2D eigenvalue weighted by molar-refractivity contribution is -0.118. The van der Waals surface area contributed by atoms with E-state index in [4.69, 9.17) is 4.74 Å². The lowest BCUT2D eigenvalue weighted by Crippen LogP contribution is -2.27. The Labute approximate surface area is 156 Å². The zero-order chi connectivity index (χ0) is 19.8. The summed E-state index contributed by atoms with van der Waals surface area (Å²) in [6, 6.07) is 6.16. The van der Waals surface area contributed by atoms with Crippen LogP contribution in [0.15, 0.2) is 30.5 Å². The van der Waals surface area contributed by atoms with E-state index in [0.29, 0.717) is 17.0 Å². The SMILES string of the molecule is O=C1COc2ccc(CNC(=O)c3cc(C(=O)O)n4cc(O)nc4n3)cc2N1. The van der Waals surface area contributed by atoms with Gasteiger partial charge < -0.3 is 25.6 Å². The standard InChI is InChI=1S/C17H13N5O6/c23-13-6-22-11(16(26)27)4-10(20-17(22)21-13)15(25)18-5-8-1-2-12-9(3-8)19-14(24)7-28-12/h1-4,6,23H,5,7H2,(H,18,25)(H,19,24)(H,26,27). The van der Waals surface area contributed by atoms with Crippen LogP contribution in [-0.2, 0) is 11.3 Å². The van der Waals surface area contributed by atoms with Crippen LogP contribution in [0, 0.1) is 0 Å². The highest BCUT2D eigenvalue weighted by molar-refractivity contribution is 5.96. The zero-order valence-corrected chi connectivity index (χ0v) is 14.2. The Morgan fingerprint density at radius 1 is 1.29 bits per heavy atom. The third kappa shape index (κ3) is 3.16. The second-order valence-electron chi connectivity index (χ2n) is 5.95. The molecule has 0 aliphatic carbocycles. The highest BCUT2D eigenvalue weighted by Crippen LogP contribution is 2.28. The molecule has 0 saturated carbocycles. The summed E-state index contributed by atoms with van der Waals surface area (Å²) in [5.74, 6) is -2.18. The van der Waals surface area contributed by atoms with Crippen molar-refractivity contribution >= 4 is 29.2 Å². The van der Waals surface area contributed by atoms with Crippen LogP contribution in [0.2, 0.25) is 0 Å². The number of carbonyl (C=O) groups is 3. The molecule has 4 N–H and O–H groups in total. The molecular formula is C17H13N5O6. The topological polar surface area (TPSA) is 155 Å². The van der Waals surface area contributed by atoms with Gasteiger partial charge in [-0.15, -0.1) is 0 Å². The van der Waals surface area contributed by atoms with Gasteiger partial charge in [0.05, 0.1) is 11.9 Å².